The molecule has 0 unspecified atom stereocenters. The third kappa shape index (κ3) is 4.41. The summed E-state index contributed by atoms with van der Waals surface area (Å²) in [7, 11) is 1.87. The zero-order valence-corrected chi connectivity index (χ0v) is 20.8. The molecule has 1 amide bonds. The van der Waals surface area contributed by atoms with Gasteiger partial charge < -0.3 is 14.8 Å². The summed E-state index contributed by atoms with van der Waals surface area (Å²) in [4.78, 5) is 26.2. The van der Waals surface area contributed by atoms with Crippen molar-refractivity contribution in [3.05, 3.63) is 65.2 Å². The number of hydrogen-bond donors (Lipinski definition) is 1. The van der Waals surface area contributed by atoms with Gasteiger partial charge in [-0.1, -0.05) is 30.3 Å². The van der Waals surface area contributed by atoms with Crippen molar-refractivity contribution >= 4 is 28.6 Å². The quantitative estimate of drug-likeness (QED) is 0.449. The molecule has 1 saturated heterocycles. The van der Waals surface area contributed by atoms with Crippen LogP contribution in [0.25, 0.3) is 11.0 Å². The minimum absolute atomic E-state index is 0.122. The molecule has 1 aromatic carbocycles. The number of nitriles is 1. The summed E-state index contributed by atoms with van der Waals surface area (Å²) in [6.07, 6.45) is 3.37. The first-order valence-corrected chi connectivity index (χ1v) is 12.0. The smallest absolute Gasteiger partial charge is 0.239 e. The van der Waals surface area contributed by atoms with Crippen molar-refractivity contribution in [1.29, 1.82) is 5.26 Å². The first-order chi connectivity index (χ1) is 17.5. The Bertz CT molecular complexity index is 1440. The minimum atomic E-state index is -0.122. The van der Waals surface area contributed by atoms with E-state index in [0.717, 1.165) is 59.9 Å². The largest absolute Gasteiger partial charge is 0.353 e. The van der Waals surface area contributed by atoms with Crippen LogP contribution in [-0.2, 0) is 18.4 Å². The van der Waals surface area contributed by atoms with Crippen LogP contribution in [-0.4, -0.2) is 67.8 Å². The second-order valence-corrected chi connectivity index (χ2v) is 9.13. The number of nitrogens with zero attached hydrogens (tertiary/aromatic N) is 8. The Hall–Kier alpha value is -4.23. The van der Waals surface area contributed by atoms with E-state index in [1.807, 2.05) is 55.8 Å². The molecule has 5 rings (SSSR count). The number of aromatic nitrogens is 5. The van der Waals surface area contributed by atoms with Crippen LogP contribution in [0.5, 0.6) is 0 Å². The summed E-state index contributed by atoms with van der Waals surface area (Å²) < 4.78 is 3.76. The zero-order chi connectivity index (χ0) is 25.2. The van der Waals surface area contributed by atoms with E-state index < -0.39 is 0 Å². The van der Waals surface area contributed by atoms with Crippen molar-refractivity contribution < 1.29 is 4.79 Å². The molecule has 1 aliphatic rings. The monoisotopic (exact) mass is 483 g/mol. The van der Waals surface area contributed by atoms with Crippen LogP contribution < -0.4 is 10.2 Å². The Morgan fingerprint density at radius 3 is 2.58 bits per heavy atom. The first kappa shape index (κ1) is 23.5. The lowest BCUT2D eigenvalue weighted by atomic mass is 10.2. The normalized spacial score (nSPS) is 14.2. The highest BCUT2D eigenvalue weighted by Gasteiger charge is 2.24. The van der Waals surface area contributed by atoms with E-state index in [0.29, 0.717) is 17.9 Å². The average molecular weight is 484 g/mol. The molecule has 0 radical (unpaired) electrons. The summed E-state index contributed by atoms with van der Waals surface area (Å²) in [5.74, 6) is 1.32. The molecule has 184 valence electrons. The Balaban J connectivity index is 1.26. The fraction of sp³-hybridized carbons (Fsp3) is 0.346. The number of benzene rings is 1. The van der Waals surface area contributed by atoms with Crippen molar-refractivity contribution in [3.63, 3.8) is 0 Å². The van der Waals surface area contributed by atoms with Crippen molar-refractivity contribution in [2.45, 2.75) is 20.4 Å². The van der Waals surface area contributed by atoms with Crippen molar-refractivity contribution in [3.8, 4) is 6.07 Å². The van der Waals surface area contributed by atoms with Gasteiger partial charge >= 0.3 is 0 Å². The van der Waals surface area contributed by atoms with Crippen LogP contribution in [0.3, 0.4) is 0 Å². The van der Waals surface area contributed by atoms with Gasteiger partial charge in [0, 0.05) is 45.5 Å². The predicted octanol–water partition coefficient (Wildman–Crippen LogP) is 2.46. The van der Waals surface area contributed by atoms with Crippen LogP contribution >= 0.6 is 0 Å². The number of rotatable bonds is 6. The van der Waals surface area contributed by atoms with Gasteiger partial charge in [0.05, 0.1) is 23.7 Å². The Labute approximate surface area is 209 Å². The predicted molar refractivity (Wildman–Crippen MR) is 138 cm³/mol. The van der Waals surface area contributed by atoms with Gasteiger partial charge in [-0.25, -0.2) is 9.97 Å². The van der Waals surface area contributed by atoms with Crippen LogP contribution in [0.15, 0.2) is 42.9 Å². The summed E-state index contributed by atoms with van der Waals surface area (Å²) in [6.45, 7) is 7.73. The molecule has 1 aliphatic heterocycles. The van der Waals surface area contributed by atoms with Crippen molar-refractivity contribution in [1.82, 2.24) is 29.2 Å². The molecule has 0 bridgehead atoms. The average Bonchev–Trinajstić information content (AvgIpc) is 3.37. The highest BCUT2D eigenvalue weighted by molar-refractivity contribution is 5.93. The van der Waals surface area contributed by atoms with Crippen molar-refractivity contribution in [2.75, 3.05) is 42.9 Å². The summed E-state index contributed by atoms with van der Waals surface area (Å²) in [6, 6.07) is 12.3. The standard InChI is InChI=1S/C26H29N9O/c1-18-19(2)35(15-20-7-5-4-6-8-20)26(21(18)13-27)31-23(36)16-33-9-11-34(12-10-33)25-22-14-30-32(3)24(22)28-17-29-25/h4-8,14,17H,9-12,15-16H2,1-3H3,(H,31,36). The lowest BCUT2D eigenvalue weighted by Crippen LogP contribution is -2.49. The Morgan fingerprint density at radius 1 is 1.11 bits per heavy atom. The minimum Gasteiger partial charge on any atom is -0.353 e. The molecule has 0 atom stereocenters. The van der Waals surface area contributed by atoms with E-state index in [1.165, 1.54) is 0 Å². The Kier molecular flexibility index (Phi) is 6.40. The molecule has 3 aromatic heterocycles. The van der Waals surface area contributed by atoms with E-state index in [1.54, 1.807) is 17.2 Å². The number of anilines is 2. The highest BCUT2D eigenvalue weighted by atomic mass is 16.2. The molecule has 0 saturated carbocycles. The van der Waals surface area contributed by atoms with Gasteiger partial charge in [0.2, 0.25) is 5.91 Å². The van der Waals surface area contributed by atoms with Crippen LogP contribution in [0.1, 0.15) is 22.4 Å². The van der Waals surface area contributed by atoms with Gasteiger partial charge in [0.15, 0.2) is 5.65 Å². The van der Waals surface area contributed by atoms with E-state index in [2.05, 4.69) is 36.3 Å². The SMILES string of the molecule is Cc1c(C#N)c(NC(=O)CN2CCN(c3ncnc4c3cnn4C)CC2)n(Cc2ccccc2)c1C. The van der Waals surface area contributed by atoms with Crippen molar-refractivity contribution in [2.24, 2.45) is 7.05 Å². The topological polar surface area (TPSA) is 108 Å². The number of piperazine rings is 1. The maximum absolute atomic E-state index is 13.1. The molecule has 10 nitrogen and oxygen atoms in total. The summed E-state index contributed by atoms with van der Waals surface area (Å²) >= 11 is 0. The van der Waals surface area contributed by atoms with Gasteiger partial charge in [0.25, 0.3) is 0 Å². The second kappa shape index (κ2) is 9.79. The molecule has 4 aromatic rings. The molecule has 4 heterocycles. The van der Waals surface area contributed by atoms with Gasteiger partial charge in [-0.3, -0.25) is 14.4 Å². The third-order valence-corrected chi connectivity index (χ3v) is 6.93. The lowest BCUT2D eigenvalue weighted by molar-refractivity contribution is -0.117. The molecular weight excluding hydrogens is 454 g/mol. The van der Waals surface area contributed by atoms with Gasteiger partial charge in [-0.15, -0.1) is 0 Å². The van der Waals surface area contributed by atoms with E-state index in [4.69, 9.17) is 0 Å². The molecule has 0 aliphatic carbocycles. The van der Waals surface area contributed by atoms with E-state index in [9.17, 15) is 10.1 Å². The Morgan fingerprint density at radius 2 is 1.86 bits per heavy atom. The summed E-state index contributed by atoms with van der Waals surface area (Å²) in [5, 5.41) is 18.1. The van der Waals surface area contributed by atoms with Crippen LogP contribution in [0, 0.1) is 25.2 Å². The molecule has 10 heteroatoms. The van der Waals surface area contributed by atoms with Gasteiger partial charge in [-0.2, -0.15) is 10.4 Å². The summed E-state index contributed by atoms with van der Waals surface area (Å²) in [5.41, 5.74) is 4.30. The number of amides is 1. The lowest BCUT2D eigenvalue weighted by Gasteiger charge is -2.35. The number of carbonyl (C=O) groups excluding carboxylic acids is 1. The second-order valence-electron chi connectivity index (χ2n) is 9.13. The number of nitrogens with one attached hydrogen (secondary N) is 1. The number of carbonyl (C=O) groups is 1. The van der Waals surface area contributed by atoms with Crippen LogP contribution in [0.4, 0.5) is 11.6 Å². The number of fused-ring (bicyclic) bond motifs is 1. The zero-order valence-electron chi connectivity index (χ0n) is 20.8. The fourth-order valence-electron chi connectivity index (χ4n) is 4.79. The molecular formula is C26H29N9O. The van der Waals surface area contributed by atoms with Crippen LogP contribution in [0.2, 0.25) is 0 Å². The van der Waals surface area contributed by atoms with Gasteiger partial charge in [-0.05, 0) is 25.0 Å². The fourth-order valence-corrected chi connectivity index (χ4v) is 4.79. The molecule has 36 heavy (non-hydrogen) atoms. The maximum Gasteiger partial charge on any atom is 0.239 e. The number of aryl methyl sites for hydroxylation is 1. The first-order valence-electron chi connectivity index (χ1n) is 12.0. The highest BCUT2D eigenvalue weighted by Crippen LogP contribution is 2.28. The molecule has 1 N–H and O–H groups in total. The third-order valence-electron chi connectivity index (χ3n) is 6.93. The molecule has 1 fully saturated rings. The number of hydrogen-bond acceptors (Lipinski definition) is 7. The van der Waals surface area contributed by atoms with E-state index in [-0.39, 0.29) is 12.5 Å². The van der Waals surface area contributed by atoms with Gasteiger partial charge in [0.1, 0.15) is 24.0 Å². The van der Waals surface area contributed by atoms with E-state index >= 15 is 0 Å². The molecule has 0 spiro atoms. The maximum atomic E-state index is 13.1.